The molecule has 0 aliphatic carbocycles. The van der Waals surface area contributed by atoms with Crippen molar-refractivity contribution >= 4 is 11.9 Å². The summed E-state index contributed by atoms with van der Waals surface area (Å²) < 4.78 is 0. The highest BCUT2D eigenvalue weighted by Crippen LogP contribution is 2.11. The van der Waals surface area contributed by atoms with Crippen molar-refractivity contribution in [1.29, 1.82) is 0 Å². The van der Waals surface area contributed by atoms with Gasteiger partial charge in [0.05, 0.1) is 0 Å². The van der Waals surface area contributed by atoms with E-state index in [1.54, 1.807) is 0 Å². The minimum Gasteiger partial charge on any atom is -0.478 e. The zero-order valence-electron chi connectivity index (χ0n) is 14.6. The predicted molar refractivity (Wildman–Crippen MR) is 94.5 cm³/mol. The van der Waals surface area contributed by atoms with Gasteiger partial charge in [0.25, 0.3) is 0 Å². The second-order valence-electron chi connectivity index (χ2n) is 5.69. The van der Waals surface area contributed by atoms with Crippen LogP contribution in [0.15, 0.2) is 12.2 Å². The minimum atomic E-state index is -1.26. The first-order chi connectivity index (χ1) is 11.0. The maximum absolute atomic E-state index is 9.55. The predicted octanol–water partition coefficient (Wildman–Crippen LogP) is 4.36. The lowest BCUT2D eigenvalue weighted by Crippen LogP contribution is -1.97. The van der Waals surface area contributed by atoms with E-state index in [4.69, 9.17) is 15.9 Å². The average molecular weight is 329 g/mol. The molecule has 0 heterocycles. The Labute approximate surface area is 141 Å². The third-order valence-corrected chi connectivity index (χ3v) is 3.43. The van der Waals surface area contributed by atoms with E-state index in [0.717, 1.165) is 6.54 Å². The molecule has 0 aromatic heterocycles. The van der Waals surface area contributed by atoms with E-state index in [1.807, 2.05) is 0 Å². The first kappa shape index (κ1) is 23.9. The van der Waals surface area contributed by atoms with E-state index in [0.29, 0.717) is 12.2 Å². The zero-order valence-corrected chi connectivity index (χ0v) is 14.6. The lowest BCUT2D eigenvalue weighted by atomic mass is 10.1. The summed E-state index contributed by atoms with van der Waals surface area (Å²) in [7, 11) is 0. The van der Waals surface area contributed by atoms with Gasteiger partial charge in [0.2, 0.25) is 0 Å². The minimum absolute atomic E-state index is 0.558. The van der Waals surface area contributed by atoms with Gasteiger partial charge in [-0.3, -0.25) is 0 Å². The Kier molecular flexibility index (Phi) is 21.4. The Morgan fingerprint density at radius 2 is 1.00 bits per heavy atom. The topological polar surface area (TPSA) is 101 Å². The molecule has 23 heavy (non-hydrogen) atoms. The fourth-order valence-corrected chi connectivity index (χ4v) is 2.13. The summed E-state index contributed by atoms with van der Waals surface area (Å²) in [4.78, 5) is 19.1. The molecule has 0 aliphatic heterocycles. The smallest absolute Gasteiger partial charge is 0.328 e. The number of nitrogens with two attached hydrogens (primary N) is 1. The third kappa shape index (κ3) is 29.3. The Hall–Kier alpha value is -1.36. The van der Waals surface area contributed by atoms with Crippen LogP contribution in [0.4, 0.5) is 0 Å². The van der Waals surface area contributed by atoms with Gasteiger partial charge in [-0.2, -0.15) is 0 Å². The molecule has 0 saturated carbocycles. The first-order valence-corrected chi connectivity index (χ1v) is 8.88. The standard InChI is InChI=1S/C14H31N.C4H4O4/c1-2-3-4-5-6-7-8-9-10-11-12-13-14-15;5-3(6)1-2-4(7)8/h2-15H2,1H3;1-2H,(H,5,6)(H,7,8)/b;2-1-. The van der Waals surface area contributed by atoms with Crippen LogP contribution in [0.2, 0.25) is 0 Å². The summed E-state index contributed by atoms with van der Waals surface area (Å²) in [5, 5.41) is 15.6. The van der Waals surface area contributed by atoms with Crippen molar-refractivity contribution in [1.82, 2.24) is 0 Å². The lowest BCUT2D eigenvalue weighted by Gasteiger charge is -2.01. The molecular weight excluding hydrogens is 294 g/mol. The van der Waals surface area contributed by atoms with Gasteiger partial charge < -0.3 is 15.9 Å². The van der Waals surface area contributed by atoms with E-state index >= 15 is 0 Å². The quantitative estimate of drug-likeness (QED) is 0.325. The molecule has 0 fully saturated rings. The molecule has 0 saturated heterocycles. The summed E-state index contributed by atoms with van der Waals surface area (Å²) in [6.07, 6.45) is 18.0. The summed E-state index contributed by atoms with van der Waals surface area (Å²) in [6.45, 7) is 3.15. The average Bonchev–Trinajstić information content (AvgIpc) is 2.51. The molecule has 5 heteroatoms. The van der Waals surface area contributed by atoms with Gasteiger partial charge in [0, 0.05) is 12.2 Å². The van der Waals surface area contributed by atoms with Gasteiger partial charge in [-0.25, -0.2) is 9.59 Å². The van der Waals surface area contributed by atoms with Crippen molar-refractivity contribution < 1.29 is 19.8 Å². The fourth-order valence-electron chi connectivity index (χ4n) is 2.13. The third-order valence-electron chi connectivity index (χ3n) is 3.43. The van der Waals surface area contributed by atoms with Crippen molar-refractivity contribution in [3.63, 3.8) is 0 Å². The highest BCUT2D eigenvalue weighted by atomic mass is 16.4. The highest BCUT2D eigenvalue weighted by molar-refractivity contribution is 5.89. The second-order valence-corrected chi connectivity index (χ2v) is 5.69. The molecule has 0 aromatic rings. The SMILES string of the molecule is CCCCCCCCCCCCCCN.O=C(O)/C=C\C(=O)O. The molecule has 0 spiro atoms. The maximum Gasteiger partial charge on any atom is 0.328 e. The molecule has 0 radical (unpaired) electrons. The van der Waals surface area contributed by atoms with Gasteiger partial charge in [0.15, 0.2) is 0 Å². The zero-order chi connectivity index (χ0) is 17.8. The van der Waals surface area contributed by atoms with Crippen molar-refractivity contribution in [2.45, 2.75) is 84.0 Å². The summed E-state index contributed by atoms with van der Waals surface area (Å²) in [5.41, 5.74) is 5.45. The van der Waals surface area contributed by atoms with Crippen molar-refractivity contribution in [3.8, 4) is 0 Å². The number of carboxylic acids is 2. The van der Waals surface area contributed by atoms with Gasteiger partial charge in [-0.05, 0) is 13.0 Å². The molecule has 0 atom stereocenters. The number of carbonyl (C=O) groups is 2. The van der Waals surface area contributed by atoms with Crippen molar-refractivity contribution in [2.24, 2.45) is 5.73 Å². The van der Waals surface area contributed by atoms with E-state index in [2.05, 4.69) is 6.92 Å². The van der Waals surface area contributed by atoms with Crippen LogP contribution in [0, 0.1) is 0 Å². The van der Waals surface area contributed by atoms with Crippen LogP contribution < -0.4 is 5.73 Å². The first-order valence-electron chi connectivity index (χ1n) is 8.88. The second kappa shape index (κ2) is 20.6. The Morgan fingerprint density at radius 1 is 0.696 bits per heavy atom. The number of aliphatic carboxylic acids is 2. The van der Waals surface area contributed by atoms with Crippen LogP contribution in [0.1, 0.15) is 84.0 Å². The van der Waals surface area contributed by atoms with Gasteiger partial charge in [-0.1, -0.05) is 77.6 Å². The molecule has 0 bridgehead atoms. The van der Waals surface area contributed by atoms with Gasteiger partial charge in [-0.15, -0.1) is 0 Å². The monoisotopic (exact) mass is 329 g/mol. The van der Waals surface area contributed by atoms with E-state index in [1.165, 1.54) is 77.0 Å². The lowest BCUT2D eigenvalue weighted by molar-refractivity contribution is -0.134. The molecule has 5 nitrogen and oxygen atoms in total. The van der Waals surface area contributed by atoms with Gasteiger partial charge in [0.1, 0.15) is 0 Å². The molecule has 136 valence electrons. The molecule has 4 N–H and O–H groups in total. The molecule has 0 rings (SSSR count). The summed E-state index contributed by atoms with van der Waals surface area (Å²) in [6, 6.07) is 0. The number of hydrogen-bond donors (Lipinski definition) is 3. The summed E-state index contributed by atoms with van der Waals surface area (Å²) >= 11 is 0. The Bertz CT molecular complexity index is 275. The van der Waals surface area contributed by atoms with Crippen LogP contribution in [0.5, 0.6) is 0 Å². The maximum atomic E-state index is 9.55. The number of unbranched alkanes of at least 4 members (excludes halogenated alkanes) is 11. The molecule has 0 aromatic carbocycles. The molecule has 0 amide bonds. The van der Waals surface area contributed by atoms with Crippen molar-refractivity contribution in [3.05, 3.63) is 12.2 Å². The van der Waals surface area contributed by atoms with Gasteiger partial charge >= 0.3 is 11.9 Å². The Balaban J connectivity index is 0. The summed E-state index contributed by atoms with van der Waals surface area (Å²) in [5.74, 6) is -2.51. The molecule has 0 unspecified atom stereocenters. The van der Waals surface area contributed by atoms with Crippen LogP contribution in [0.25, 0.3) is 0 Å². The molecular formula is C18H35NO4. The van der Waals surface area contributed by atoms with E-state index in [9.17, 15) is 9.59 Å². The van der Waals surface area contributed by atoms with E-state index in [-0.39, 0.29) is 0 Å². The highest BCUT2D eigenvalue weighted by Gasteiger charge is 1.92. The largest absolute Gasteiger partial charge is 0.478 e. The number of carboxylic acid groups (broad SMARTS) is 2. The molecule has 0 aliphatic rings. The Morgan fingerprint density at radius 3 is 1.26 bits per heavy atom. The number of hydrogen-bond acceptors (Lipinski definition) is 3. The van der Waals surface area contributed by atoms with Crippen LogP contribution >= 0.6 is 0 Å². The van der Waals surface area contributed by atoms with Crippen molar-refractivity contribution in [2.75, 3.05) is 6.54 Å². The van der Waals surface area contributed by atoms with Crippen LogP contribution in [-0.4, -0.2) is 28.7 Å². The van der Waals surface area contributed by atoms with Crippen LogP contribution in [-0.2, 0) is 9.59 Å². The normalized spacial score (nSPS) is 10.3. The van der Waals surface area contributed by atoms with E-state index < -0.39 is 11.9 Å². The van der Waals surface area contributed by atoms with Crippen LogP contribution in [0.3, 0.4) is 0 Å². The fraction of sp³-hybridized carbons (Fsp3) is 0.778. The number of rotatable bonds is 14.